The largest absolute Gasteiger partial charge is 0.467 e. The van der Waals surface area contributed by atoms with Crippen LogP contribution in [0, 0.1) is 0 Å². The first-order valence-electron chi connectivity index (χ1n) is 10.9. The van der Waals surface area contributed by atoms with E-state index in [9.17, 15) is 0 Å². The molecular formula is C23H27N7O. The maximum Gasteiger partial charge on any atom is 0.316 e. The standard InChI is InChI=1S/C23H27N7O/c1-31-23-26-12-16(13-27-23)15-30-10-6-18(7-11-30)21-20(17-4-8-24-9-5-17)14-25-22(29-21)28-19-2-3-19/h4-5,8-9,12-14,18-19H,2-3,6-7,10-11,15H2,1H3,(H,25,28,29). The lowest BCUT2D eigenvalue weighted by atomic mass is 9.89. The Morgan fingerprint density at radius 2 is 1.74 bits per heavy atom. The minimum atomic E-state index is 0.408. The Kier molecular flexibility index (Phi) is 5.71. The Balaban J connectivity index is 1.31. The van der Waals surface area contributed by atoms with Crippen LogP contribution in [0.5, 0.6) is 6.01 Å². The third-order valence-corrected chi connectivity index (χ3v) is 5.96. The van der Waals surface area contributed by atoms with Gasteiger partial charge in [0.05, 0.1) is 12.8 Å². The van der Waals surface area contributed by atoms with E-state index in [1.54, 1.807) is 7.11 Å². The SMILES string of the molecule is COc1ncc(CN2CCC(c3nc(NC4CC4)ncc3-c3ccncc3)CC2)cn1. The number of piperidine rings is 1. The predicted octanol–water partition coefficient (Wildman–Crippen LogP) is 3.29. The third-order valence-electron chi connectivity index (χ3n) is 5.96. The molecule has 5 rings (SSSR count). The molecule has 31 heavy (non-hydrogen) atoms. The molecule has 3 aromatic rings. The first-order chi connectivity index (χ1) is 15.3. The molecule has 0 spiro atoms. The number of nitrogens with one attached hydrogen (secondary N) is 1. The molecule has 1 aliphatic heterocycles. The van der Waals surface area contributed by atoms with Gasteiger partial charge >= 0.3 is 6.01 Å². The molecule has 2 aliphatic rings. The zero-order valence-corrected chi connectivity index (χ0v) is 17.7. The molecule has 0 unspecified atom stereocenters. The van der Waals surface area contributed by atoms with Crippen LogP contribution in [0.1, 0.15) is 42.9 Å². The van der Waals surface area contributed by atoms with E-state index in [0.29, 0.717) is 18.0 Å². The van der Waals surface area contributed by atoms with Crippen LogP contribution in [0.4, 0.5) is 5.95 Å². The van der Waals surface area contributed by atoms with Gasteiger partial charge in [0.15, 0.2) is 0 Å². The van der Waals surface area contributed by atoms with Crippen LogP contribution in [-0.4, -0.2) is 56.1 Å². The number of rotatable bonds is 7. The highest BCUT2D eigenvalue weighted by Crippen LogP contribution is 2.35. The topological polar surface area (TPSA) is 89.0 Å². The van der Waals surface area contributed by atoms with E-state index in [4.69, 9.17) is 9.72 Å². The van der Waals surface area contributed by atoms with Crippen molar-refractivity contribution in [2.45, 2.75) is 44.2 Å². The van der Waals surface area contributed by atoms with Crippen molar-refractivity contribution in [3.63, 3.8) is 0 Å². The molecule has 160 valence electrons. The van der Waals surface area contributed by atoms with Gasteiger partial charge in [-0.2, -0.15) is 0 Å². The molecule has 1 aliphatic carbocycles. The molecule has 4 heterocycles. The summed E-state index contributed by atoms with van der Waals surface area (Å²) in [4.78, 5) is 24.6. The summed E-state index contributed by atoms with van der Waals surface area (Å²) in [6.07, 6.45) is 13.9. The van der Waals surface area contributed by atoms with E-state index in [0.717, 1.165) is 60.8 Å². The maximum absolute atomic E-state index is 5.05. The van der Waals surface area contributed by atoms with Crippen LogP contribution in [0.15, 0.2) is 43.1 Å². The van der Waals surface area contributed by atoms with Gasteiger partial charge < -0.3 is 10.1 Å². The molecule has 0 radical (unpaired) electrons. The monoisotopic (exact) mass is 417 g/mol. The first-order valence-corrected chi connectivity index (χ1v) is 10.9. The number of nitrogens with zero attached hydrogens (tertiary/aromatic N) is 6. The Hall–Kier alpha value is -3.13. The van der Waals surface area contributed by atoms with Crippen molar-refractivity contribution in [1.29, 1.82) is 0 Å². The smallest absolute Gasteiger partial charge is 0.316 e. The molecule has 1 N–H and O–H groups in total. The number of hydrogen-bond acceptors (Lipinski definition) is 8. The van der Waals surface area contributed by atoms with Crippen molar-refractivity contribution in [2.24, 2.45) is 0 Å². The number of aromatic nitrogens is 5. The van der Waals surface area contributed by atoms with Crippen molar-refractivity contribution in [3.8, 4) is 17.1 Å². The fraction of sp³-hybridized carbons (Fsp3) is 0.435. The molecule has 0 aromatic carbocycles. The van der Waals surface area contributed by atoms with Crippen LogP contribution < -0.4 is 10.1 Å². The summed E-state index contributed by atoms with van der Waals surface area (Å²) in [5.74, 6) is 1.17. The summed E-state index contributed by atoms with van der Waals surface area (Å²) in [5.41, 5.74) is 4.50. The second kappa shape index (κ2) is 8.93. The fourth-order valence-electron chi connectivity index (χ4n) is 4.09. The summed E-state index contributed by atoms with van der Waals surface area (Å²) in [6.45, 7) is 2.88. The van der Waals surface area contributed by atoms with E-state index in [1.165, 1.54) is 12.8 Å². The normalized spacial score (nSPS) is 17.5. The Labute approximate surface area is 182 Å². The second-order valence-corrected chi connectivity index (χ2v) is 8.28. The van der Waals surface area contributed by atoms with E-state index >= 15 is 0 Å². The molecule has 0 amide bonds. The van der Waals surface area contributed by atoms with Crippen molar-refractivity contribution in [3.05, 3.63) is 54.4 Å². The quantitative estimate of drug-likeness (QED) is 0.626. The lowest BCUT2D eigenvalue weighted by Gasteiger charge is -2.32. The highest BCUT2D eigenvalue weighted by molar-refractivity contribution is 5.66. The van der Waals surface area contributed by atoms with Gasteiger partial charge in [0.25, 0.3) is 0 Å². The maximum atomic E-state index is 5.05. The molecule has 8 nitrogen and oxygen atoms in total. The molecule has 1 saturated heterocycles. The number of ether oxygens (including phenoxy) is 1. The van der Waals surface area contributed by atoms with Crippen LogP contribution in [0.25, 0.3) is 11.1 Å². The number of hydrogen-bond donors (Lipinski definition) is 1. The van der Waals surface area contributed by atoms with Gasteiger partial charge in [-0.3, -0.25) is 9.88 Å². The lowest BCUT2D eigenvalue weighted by molar-refractivity contribution is 0.203. The predicted molar refractivity (Wildman–Crippen MR) is 118 cm³/mol. The van der Waals surface area contributed by atoms with Crippen LogP contribution in [0.2, 0.25) is 0 Å². The van der Waals surface area contributed by atoms with Crippen LogP contribution in [-0.2, 0) is 6.54 Å². The molecule has 0 atom stereocenters. The van der Waals surface area contributed by atoms with E-state index in [-0.39, 0.29) is 0 Å². The Morgan fingerprint density at radius 1 is 1.00 bits per heavy atom. The first kappa shape index (κ1) is 19.8. The van der Waals surface area contributed by atoms with Gasteiger partial charge in [0.1, 0.15) is 0 Å². The van der Waals surface area contributed by atoms with Crippen LogP contribution in [0.3, 0.4) is 0 Å². The molecular weight excluding hydrogens is 390 g/mol. The van der Waals surface area contributed by atoms with Gasteiger partial charge in [-0.15, -0.1) is 0 Å². The number of methoxy groups -OCH3 is 1. The van der Waals surface area contributed by atoms with Crippen molar-refractivity contribution >= 4 is 5.95 Å². The summed E-state index contributed by atoms with van der Waals surface area (Å²) in [5, 5.41) is 3.46. The minimum absolute atomic E-state index is 0.408. The zero-order chi connectivity index (χ0) is 21.0. The average molecular weight is 418 g/mol. The van der Waals surface area contributed by atoms with Crippen molar-refractivity contribution in [2.75, 3.05) is 25.5 Å². The van der Waals surface area contributed by atoms with Gasteiger partial charge in [-0.1, -0.05) is 0 Å². The molecule has 0 bridgehead atoms. The Morgan fingerprint density at radius 3 is 2.42 bits per heavy atom. The van der Waals surface area contributed by atoms with Gasteiger partial charge in [-0.05, 0) is 56.5 Å². The molecule has 8 heteroatoms. The lowest BCUT2D eigenvalue weighted by Crippen LogP contribution is -2.33. The third kappa shape index (κ3) is 4.80. The Bertz CT molecular complexity index is 1000. The number of anilines is 1. The van der Waals surface area contributed by atoms with E-state index in [2.05, 4.69) is 30.2 Å². The van der Waals surface area contributed by atoms with E-state index in [1.807, 2.05) is 43.1 Å². The highest BCUT2D eigenvalue weighted by Gasteiger charge is 2.27. The van der Waals surface area contributed by atoms with E-state index < -0.39 is 0 Å². The van der Waals surface area contributed by atoms with Crippen molar-refractivity contribution in [1.82, 2.24) is 29.8 Å². The van der Waals surface area contributed by atoms with Gasteiger partial charge in [-0.25, -0.2) is 19.9 Å². The summed E-state index contributed by atoms with van der Waals surface area (Å²) in [6, 6.07) is 5.02. The number of pyridine rings is 1. The van der Waals surface area contributed by atoms with Gasteiger partial charge in [0, 0.05) is 60.6 Å². The highest BCUT2D eigenvalue weighted by atomic mass is 16.5. The summed E-state index contributed by atoms with van der Waals surface area (Å²) < 4.78 is 5.05. The summed E-state index contributed by atoms with van der Waals surface area (Å²) >= 11 is 0. The minimum Gasteiger partial charge on any atom is -0.467 e. The van der Waals surface area contributed by atoms with Gasteiger partial charge in [0.2, 0.25) is 5.95 Å². The fourth-order valence-corrected chi connectivity index (χ4v) is 4.09. The summed E-state index contributed by atoms with van der Waals surface area (Å²) in [7, 11) is 1.58. The molecule has 3 aromatic heterocycles. The molecule has 1 saturated carbocycles. The average Bonchev–Trinajstić information content (AvgIpc) is 3.65. The van der Waals surface area contributed by atoms with Crippen LogP contribution >= 0.6 is 0 Å². The van der Waals surface area contributed by atoms with Crippen molar-refractivity contribution < 1.29 is 4.74 Å². The zero-order valence-electron chi connectivity index (χ0n) is 17.7. The number of likely N-dealkylation sites (tertiary alicyclic amines) is 1. The second-order valence-electron chi connectivity index (χ2n) is 8.28. The molecule has 2 fully saturated rings.